The van der Waals surface area contributed by atoms with E-state index in [1.54, 1.807) is 0 Å². The van der Waals surface area contributed by atoms with Crippen LogP contribution in [0.2, 0.25) is 0 Å². The highest BCUT2D eigenvalue weighted by Gasteiger charge is 2.20. The van der Waals surface area contributed by atoms with Crippen LogP contribution in [0, 0.1) is 0 Å². The molecule has 0 saturated carbocycles. The smallest absolute Gasteiger partial charge is 0.0456 e. The van der Waals surface area contributed by atoms with Crippen molar-refractivity contribution in [2.45, 2.75) is 18.9 Å². The number of hydrogen-bond acceptors (Lipinski definition) is 1. The molecule has 1 aromatic heterocycles. The third-order valence-corrected chi connectivity index (χ3v) is 2.99. The summed E-state index contributed by atoms with van der Waals surface area (Å²) >= 11 is 0. The summed E-state index contributed by atoms with van der Waals surface area (Å²) < 4.78 is 0. The molecule has 0 unspecified atom stereocenters. The van der Waals surface area contributed by atoms with Crippen LogP contribution in [-0.4, -0.2) is 4.98 Å². The van der Waals surface area contributed by atoms with Gasteiger partial charge in [-0.1, -0.05) is 6.07 Å². The van der Waals surface area contributed by atoms with Crippen LogP contribution in [0.5, 0.6) is 0 Å². The van der Waals surface area contributed by atoms with Gasteiger partial charge in [0.2, 0.25) is 0 Å². The molecule has 2 aromatic rings. The topological polar surface area (TPSA) is 41.8 Å². The largest absolute Gasteiger partial charge is 0.361 e. The second-order valence-corrected chi connectivity index (χ2v) is 3.72. The van der Waals surface area contributed by atoms with Gasteiger partial charge in [-0.25, -0.2) is 0 Å². The van der Waals surface area contributed by atoms with E-state index in [-0.39, 0.29) is 6.04 Å². The summed E-state index contributed by atoms with van der Waals surface area (Å²) in [5.74, 6) is 0. The zero-order valence-electron chi connectivity index (χ0n) is 7.38. The standard InChI is InChI=1S/C11H12N2/c12-10-3-1-7-8(10)2-4-11-9(7)5-6-13-11/h2,4-6,10,13H,1,3,12H2/t10-/m0/s1. The number of nitrogens with one attached hydrogen (secondary N) is 1. The molecule has 0 spiro atoms. The van der Waals surface area contributed by atoms with E-state index in [1.807, 2.05) is 6.20 Å². The SMILES string of the molecule is N[C@H]1CCc2c1ccc1[nH]ccc21. The number of benzene rings is 1. The van der Waals surface area contributed by atoms with Crippen LogP contribution >= 0.6 is 0 Å². The molecule has 3 rings (SSSR count). The number of aromatic nitrogens is 1. The molecule has 0 aliphatic heterocycles. The molecule has 0 fully saturated rings. The number of aromatic amines is 1. The van der Waals surface area contributed by atoms with Crippen molar-refractivity contribution >= 4 is 10.9 Å². The number of nitrogens with two attached hydrogens (primary N) is 1. The highest BCUT2D eigenvalue weighted by molar-refractivity contribution is 5.84. The van der Waals surface area contributed by atoms with E-state index in [4.69, 9.17) is 5.73 Å². The fraction of sp³-hybridized carbons (Fsp3) is 0.273. The van der Waals surface area contributed by atoms with Gasteiger partial charge in [0.05, 0.1) is 0 Å². The molecule has 0 amide bonds. The minimum absolute atomic E-state index is 0.259. The van der Waals surface area contributed by atoms with Crippen molar-refractivity contribution in [2.75, 3.05) is 0 Å². The van der Waals surface area contributed by atoms with Gasteiger partial charge < -0.3 is 10.7 Å². The molecule has 1 aromatic carbocycles. The third kappa shape index (κ3) is 0.864. The molecule has 1 aliphatic rings. The first-order valence-electron chi connectivity index (χ1n) is 4.71. The van der Waals surface area contributed by atoms with Crippen LogP contribution in [0.3, 0.4) is 0 Å². The van der Waals surface area contributed by atoms with Gasteiger partial charge >= 0.3 is 0 Å². The molecule has 1 aliphatic carbocycles. The molecule has 1 heterocycles. The maximum Gasteiger partial charge on any atom is 0.0456 e. The van der Waals surface area contributed by atoms with Crippen molar-refractivity contribution in [2.24, 2.45) is 5.73 Å². The highest BCUT2D eigenvalue weighted by Crippen LogP contribution is 2.34. The normalized spacial score (nSPS) is 20.8. The van der Waals surface area contributed by atoms with Gasteiger partial charge in [-0.05, 0) is 36.1 Å². The van der Waals surface area contributed by atoms with E-state index in [9.17, 15) is 0 Å². The van der Waals surface area contributed by atoms with E-state index in [0.717, 1.165) is 12.8 Å². The first-order valence-corrected chi connectivity index (χ1v) is 4.71. The van der Waals surface area contributed by atoms with Gasteiger partial charge in [-0.15, -0.1) is 0 Å². The molecule has 3 N–H and O–H groups in total. The number of hydrogen-bond donors (Lipinski definition) is 2. The highest BCUT2D eigenvalue weighted by atomic mass is 14.7. The van der Waals surface area contributed by atoms with E-state index < -0.39 is 0 Å². The average Bonchev–Trinajstić information content (AvgIpc) is 2.70. The maximum absolute atomic E-state index is 6.00. The van der Waals surface area contributed by atoms with Gasteiger partial charge in [0, 0.05) is 23.1 Å². The van der Waals surface area contributed by atoms with E-state index in [0.29, 0.717) is 0 Å². The summed E-state index contributed by atoms with van der Waals surface area (Å²) in [4.78, 5) is 3.22. The van der Waals surface area contributed by atoms with Gasteiger partial charge in [-0.3, -0.25) is 0 Å². The summed E-state index contributed by atoms with van der Waals surface area (Å²) in [7, 11) is 0. The Morgan fingerprint density at radius 1 is 1.31 bits per heavy atom. The van der Waals surface area contributed by atoms with Crippen molar-refractivity contribution in [1.29, 1.82) is 0 Å². The Labute approximate surface area is 76.8 Å². The lowest BCUT2D eigenvalue weighted by molar-refractivity contribution is 0.713. The second-order valence-electron chi connectivity index (χ2n) is 3.72. The van der Waals surface area contributed by atoms with Crippen LogP contribution in [0.25, 0.3) is 10.9 Å². The molecule has 13 heavy (non-hydrogen) atoms. The lowest BCUT2D eigenvalue weighted by atomic mass is 10.0. The summed E-state index contributed by atoms with van der Waals surface area (Å²) in [6.07, 6.45) is 4.22. The summed E-state index contributed by atoms with van der Waals surface area (Å²) in [5.41, 5.74) is 10.0. The Hall–Kier alpha value is -1.28. The first kappa shape index (κ1) is 7.15. The number of fused-ring (bicyclic) bond motifs is 3. The lowest BCUT2D eigenvalue weighted by Gasteiger charge is -2.04. The van der Waals surface area contributed by atoms with Gasteiger partial charge in [0.25, 0.3) is 0 Å². The second kappa shape index (κ2) is 2.36. The van der Waals surface area contributed by atoms with Crippen LogP contribution in [0.1, 0.15) is 23.6 Å². The Morgan fingerprint density at radius 2 is 2.23 bits per heavy atom. The van der Waals surface area contributed by atoms with Crippen molar-refractivity contribution in [3.8, 4) is 0 Å². The first-order chi connectivity index (χ1) is 6.36. The fourth-order valence-electron chi connectivity index (χ4n) is 2.29. The van der Waals surface area contributed by atoms with Crippen molar-refractivity contribution in [3.05, 3.63) is 35.5 Å². The van der Waals surface area contributed by atoms with Gasteiger partial charge in [0.15, 0.2) is 0 Å². The van der Waals surface area contributed by atoms with Crippen LogP contribution in [-0.2, 0) is 6.42 Å². The van der Waals surface area contributed by atoms with Gasteiger partial charge in [0.1, 0.15) is 0 Å². The molecule has 2 heteroatoms. The van der Waals surface area contributed by atoms with E-state index in [2.05, 4.69) is 23.2 Å². The monoisotopic (exact) mass is 172 g/mol. The predicted octanol–water partition coefficient (Wildman–Crippen LogP) is 2.11. The summed E-state index contributed by atoms with van der Waals surface area (Å²) in [6, 6.07) is 6.69. The van der Waals surface area contributed by atoms with Crippen LogP contribution in [0.15, 0.2) is 24.4 Å². The van der Waals surface area contributed by atoms with Crippen molar-refractivity contribution < 1.29 is 0 Å². The molecule has 0 saturated heterocycles. The summed E-state index contributed by atoms with van der Waals surface area (Å²) in [6.45, 7) is 0. The zero-order valence-corrected chi connectivity index (χ0v) is 7.38. The molecule has 2 nitrogen and oxygen atoms in total. The third-order valence-electron chi connectivity index (χ3n) is 2.99. The van der Waals surface area contributed by atoms with Crippen molar-refractivity contribution in [3.63, 3.8) is 0 Å². The quantitative estimate of drug-likeness (QED) is 0.628. The maximum atomic E-state index is 6.00. The van der Waals surface area contributed by atoms with Gasteiger partial charge in [-0.2, -0.15) is 0 Å². The minimum Gasteiger partial charge on any atom is -0.361 e. The lowest BCUT2D eigenvalue weighted by Crippen LogP contribution is -2.04. The molecule has 0 radical (unpaired) electrons. The fourth-order valence-corrected chi connectivity index (χ4v) is 2.29. The Morgan fingerprint density at radius 3 is 3.15 bits per heavy atom. The number of H-pyrrole nitrogens is 1. The van der Waals surface area contributed by atoms with E-state index in [1.165, 1.54) is 22.0 Å². The molecular weight excluding hydrogens is 160 g/mol. The Balaban J connectivity index is 2.39. The number of rotatable bonds is 0. The Bertz CT molecular complexity index is 456. The van der Waals surface area contributed by atoms with Crippen LogP contribution in [0.4, 0.5) is 0 Å². The van der Waals surface area contributed by atoms with Crippen LogP contribution < -0.4 is 5.73 Å². The zero-order chi connectivity index (χ0) is 8.84. The van der Waals surface area contributed by atoms with Crippen molar-refractivity contribution in [1.82, 2.24) is 4.98 Å². The molecule has 0 bridgehead atoms. The summed E-state index contributed by atoms with van der Waals surface area (Å²) in [5, 5.41) is 1.35. The Kier molecular flexibility index (Phi) is 1.30. The molecule has 1 atom stereocenters. The number of aryl methyl sites for hydroxylation is 1. The average molecular weight is 172 g/mol. The minimum atomic E-state index is 0.259. The predicted molar refractivity (Wildman–Crippen MR) is 53.5 cm³/mol. The molecular formula is C11H12N2. The van der Waals surface area contributed by atoms with E-state index >= 15 is 0 Å². The molecule has 66 valence electrons.